The number of methoxy groups -OCH3 is 1. The first-order chi connectivity index (χ1) is 19.3. The van der Waals surface area contributed by atoms with E-state index >= 15 is 0 Å². The van der Waals surface area contributed by atoms with Crippen molar-refractivity contribution in [2.75, 3.05) is 25.1 Å². The number of carbonyl (C=O) groups excluding carboxylic acids is 3. The van der Waals surface area contributed by atoms with Crippen molar-refractivity contribution >= 4 is 47.2 Å². The number of nitrogens with two attached hydrogens (primary N) is 3. The Morgan fingerprint density at radius 2 is 1.61 bits per heavy atom. The summed E-state index contributed by atoms with van der Waals surface area (Å²) in [6.45, 7) is 5.69. The molecule has 2 rings (SSSR count). The van der Waals surface area contributed by atoms with Gasteiger partial charge in [-0.05, 0) is 70.4 Å². The Hall–Kier alpha value is -4.13. The molecule has 1 aromatic heterocycles. The molecular weight excluding hydrogens is 552 g/mol. The van der Waals surface area contributed by atoms with Crippen LogP contribution in [0.1, 0.15) is 68.1 Å². The molecule has 1 heterocycles. The van der Waals surface area contributed by atoms with Crippen LogP contribution >= 0.6 is 11.6 Å². The highest BCUT2D eigenvalue weighted by atomic mass is 35.5. The lowest BCUT2D eigenvalue weighted by Gasteiger charge is -2.22. The maximum Gasteiger partial charge on any atom is 0.408 e. The number of unbranched alkanes of at least 4 members (excludes halogenated alkanes) is 1. The molecule has 41 heavy (non-hydrogen) atoms. The first-order valence-corrected chi connectivity index (χ1v) is 13.5. The van der Waals surface area contributed by atoms with Gasteiger partial charge in [-0.2, -0.15) is 0 Å². The number of aliphatic imine (C=N–C) groups is 1. The Kier molecular flexibility index (Phi) is 12.6. The molecule has 224 valence electrons. The third-order valence-electron chi connectivity index (χ3n) is 5.68. The van der Waals surface area contributed by atoms with Gasteiger partial charge in [-0.25, -0.2) is 19.6 Å². The molecule has 0 aliphatic rings. The zero-order valence-electron chi connectivity index (χ0n) is 23.8. The molecule has 1 unspecified atom stereocenters. The SMILES string of the molecule is COC(=O)C(CCCc1ccc(CCCCN=C(N)NC(=O)c2nc(Cl)c(N)nc2N)cc1)NC(=O)OC(C)(C)C. The lowest BCUT2D eigenvalue weighted by Crippen LogP contribution is -2.44. The van der Waals surface area contributed by atoms with Crippen LogP contribution in [-0.2, 0) is 27.1 Å². The molecule has 0 aliphatic heterocycles. The van der Waals surface area contributed by atoms with Crippen LogP contribution in [0.3, 0.4) is 0 Å². The molecule has 1 atom stereocenters. The van der Waals surface area contributed by atoms with Gasteiger partial charge in [0, 0.05) is 6.54 Å². The minimum absolute atomic E-state index is 0.0655. The third-order valence-corrected chi connectivity index (χ3v) is 5.95. The number of rotatable bonds is 12. The largest absolute Gasteiger partial charge is 0.467 e. The summed E-state index contributed by atoms with van der Waals surface area (Å²) in [5, 5.41) is 4.86. The lowest BCUT2D eigenvalue weighted by molar-refractivity contribution is -0.143. The Labute approximate surface area is 244 Å². The van der Waals surface area contributed by atoms with E-state index in [0.29, 0.717) is 19.4 Å². The average molecular weight is 591 g/mol. The fourth-order valence-electron chi connectivity index (χ4n) is 3.69. The molecule has 0 saturated heterocycles. The van der Waals surface area contributed by atoms with E-state index in [2.05, 4.69) is 37.7 Å². The van der Waals surface area contributed by atoms with Crippen LogP contribution in [0.25, 0.3) is 0 Å². The van der Waals surface area contributed by atoms with Crippen LogP contribution in [0.5, 0.6) is 0 Å². The van der Waals surface area contributed by atoms with Crippen LogP contribution in [0.2, 0.25) is 5.15 Å². The number of amides is 2. The number of carbonyl (C=O) groups is 3. The summed E-state index contributed by atoms with van der Waals surface area (Å²) < 4.78 is 10.1. The van der Waals surface area contributed by atoms with E-state index in [-0.39, 0.29) is 28.4 Å². The highest BCUT2D eigenvalue weighted by Gasteiger charge is 2.24. The molecule has 13 nitrogen and oxygen atoms in total. The molecular formula is C27H39ClN8O5. The van der Waals surface area contributed by atoms with Gasteiger partial charge < -0.3 is 32.0 Å². The number of hydrogen-bond acceptors (Lipinski definition) is 10. The predicted molar refractivity (Wildman–Crippen MR) is 157 cm³/mol. The number of nitrogens with zero attached hydrogens (tertiary/aromatic N) is 3. The van der Waals surface area contributed by atoms with E-state index in [1.807, 2.05) is 12.1 Å². The first-order valence-electron chi connectivity index (χ1n) is 13.1. The van der Waals surface area contributed by atoms with Gasteiger partial charge in [0.05, 0.1) is 7.11 Å². The van der Waals surface area contributed by atoms with Crippen molar-refractivity contribution in [3.05, 3.63) is 46.2 Å². The van der Waals surface area contributed by atoms with Gasteiger partial charge in [0.2, 0.25) is 0 Å². The Morgan fingerprint density at radius 1 is 1.00 bits per heavy atom. The summed E-state index contributed by atoms with van der Waals surface area (Å²) in [7, 11) is 1.29. The van der Waals surface area contributed by atoms with Crippen molar-refractivity contribution in [2.45, 2.75) is 70.9 Å². The number of aryl methyl sites for hydroxylation is 2. The fraction of sp³-hybridized carbons (Fsp3) is 0.481. The summed E-state index contributed by atoms with van der Waals surface area (Å²) in [4.78, 5) is 48.1. The number of nitrogen functional groups attached to an aromatic ring is 2. The number of halogens is 1. The Balaban J connectivity index is 1.73. The minimum atomic E-state index is -0.776. The van der Waals surface area contributed by atoms with E-state index in [0.717, 1.165) is 31.2 Å². The maximum absolute atomic E-state index is 12.3. The smallest absolute Gasteiger partial charge is 0.408 e. The van der Waals surface area contributed by atoms with Crippen molar-refractivity contribution < 1.29 is 23.9 Å². The number of alkyl carbamates (subject to hydrolysis) is 1. The van der Waals surface area contributed by atoms with Crippen LogP contribution in [0, 0.1) is 0 Å². The number of nitrogens with one attached hydrogen (secondary N) is 2. The lowest BCUT2D eigenvalue weighted by atomic mass is 10.0. The number of anilines is 2. The van der Waals surface area contributed by atoms with Crippen molar-refractivity contribution in [2.24, 2.45) is 10.7 Å². The Bertz CT molecular complexity index is 1230. The molecule has 2 amide bonds. The number of benzene rings is 1. The monoisotopic (exact) mass is 590 g/mol. The summed E-state index contributed by atoms with van der Waals surface area (Å²) in [6, 6.07) is 7.45. The van der Waals surface area contributed by atoms with Crippen LogP contribution < -0.4 is 27.8 Å². The number of esters is 1. The van der Waals surface area contributed by atoms with Crippen molar-refractivity contribution in [3.8, 4) is 0 Å². The zero-order chi connectivity index (χ0) is 30.6. The van der Waals surface area contributed by atoms with Gasteiger partial charge >= 0.3 is 12.1 Å². The number of hydrogen-bond donors (Lipinski definition) is 5. The summed E-state index contributed by atoms with van der Waals surface area (Å²) in [6.07, 6.45) is 3.66. The van der Waals surface area contributed by atoms with E-state index in [1.54, 1.807) is 20.8 Å². The molecule has 1 aromatic carbocycles. The second kappa shape index (κ2) is 15.6. The quantitative estimate of drug-likeness (QED) is 0.105. The molecule has 0 radical (unpaired) electrons. The van der Waals surface area contributed by atoms with Crippen LogP contribution in [0.15, 0.2) is 29.3 Å². The third kappa shape index (κ3) is 11.9. The average Bonchev–Trinajstić information content (AvgIpc) is 2.89. The van der Waals surface area contributed by atoms with Crippen LogP contribution in [0.4, 0.5) is 16.4 Å². The van der Waals surface area contributed by atoms with Gasteiger partial charge in [-0.15, -0.1) is 0 Å². The second-order valence-corrected chi connectivity index (χ2v) is 10.6. The summed E-state index contributed by atoms with van der Waals surface area (Å²) >= 11 is 5.80. The molecule has 0 spiro atoms. The van der Waals surface area contributed by atoms with E-state index in [4.69, 9.17) is 38.3 Å². The highest BCUT2D eigenvalue weighted by Crippen LogP contribution is 2.17. The standard InChI is InChI=1S/C27H39ClN8O5/c1-27(2,3)41-26(39)33-18(24(38)40-4)10-7-9-17-13-11-16(12-14-17)8-5-6-15-32-25(31)36-23(37)19-21(29)35-22(30)20(28)34-19/h11-14,18H,5-10,15H2,1-4H3,(H,33,39)(H4,29,30,35)(H3,31,32,36,37). The van der Waals surface area contributed by atoms with E-state index in [1.165, 1.54) is 12.7 Å². The maximum atomic E-state index is 12.3. The Morgan fingerprint density at radius 3 is 2.20 bits per heavy atom. The van der Waals surface area contributed by atoms with Gasteiger partial charge in [0.15, 0.2) is 28.4 Å². The number of guanidine groups is 1. The van der Waals surface area contributed by atoms with E-state index < -0.39 is 29.6 Å². The van der Waals surface area contributed by atoms with E-state index in [9.17, 15) is 14.4 Å². The molecule has 14 heteroatoms. The van der Waals surface area contributed by atoms with Gasteiger partial charge in [-0.1, -0.05) is 35.9 Å². The molecule has 0 bridgehead atoms. The second-order valence-electron chi connectivity index (χ2n) is 10.2. The topological polar surface area (TPSA) is 210 Å². The molecule has 0 saturated carbocycles. The van der Waals surface area contributed by atoms with Gasteiger partial charge in [0.25, 0.3) is 5.91 Å². The zero-order valence-corrected chi connectivity index (χ0v) is 24.6. The van der Waals surface area contributed by atoms with Crippen molar-refractivity contribution in [1.82, 2.24) is 20.6 Å². The molecule has 8 N–H and O–H groups in total. The van der Waals surface area contributed by atoms with Gasteiger partial charge in [0.1, 0.15) is 11.6 Å². The molecule has 2 aromatic rings. The summed E-state index contributed by atoms with van der Waals surface area (Å²) in [5.74, 6) is -1.49. The minimum Gasteiger partial charge on any atom is -0.467 e. The molecule has 0 aliphatic carbocycles. The number of aromatic nitrogens is 2. The predicted octanol–water partition coefficient (Wildman–Crippen LogP) is 2.75. The normalized spacial score (nSPS) is 12.4. The molecule has 0 fully saturated rings. The summed E-state index contributed by atoms with van der Waals surface area (Å²) in [5.41, 5.74) is 18.4. The number of ether oxygens (including phenoxy) is 2. The van der Waals surface area contributed by atoms with Crippen molar-refractivity contribution in [1.29, 1.82) is 0 Å². The van der Waals surface area contributed by atoms with Crippen molar-refractivity contribution in [3.63, 3.8) is 0 Å². The van der Waals surface area contributed by atoms with Crippen LogP contribution in [-0.4, -0.2) is 59.2 Å². The highest BCUT2D eigenvalue weighted by molar-refractivity contribution is 6.31. The fourth-order valence-corrected chi connectivity index (χ4v) is 3.81. The van der Waals surface area contributed by atoms with Gasteiger partial charge in [-0.3, -0.25) is 15.1 Å². The first kappa shape index (κ1) is 33.1.